The Morgan fingerprint density at radius 2 is 2.21 bits per heavy atom. The van der Waals surface area contributed by atoms with E-state index in [4.69, 9.17) is 32.7 Å². The second-order valence-corrected chi connectivity index (χ2v) is 6.30. The molecule has 126 valence electrons. The average molecular weight is 367 g/mol. The Morgan fingerprint density at radius 3 is 2.92 bits per heavy atom. The number of hydrogen-bond donors (Lipinski definition) is 1. The smallest absolute Gasteiger partial charge is 0.257 e. The average Bonchev–Trinajstić information content (AvgIpc) is 3.07. The molecule has 7 heteroatoms. The summed E-state index contributed by atoms with van der Waals surface area (Å²) < 4.78 is 10.9. The Labute approximate surface area is 149 Å². The first kappa shape index (κ1) is 17.0. The summed E-state index contributed by atoms with van der Waals surface area (Å²) >= 11 is 12.2. The summed E-state index contributed by atoms with van der Waals surface area (Å²) in [6.45, 7) is 3.03. The molecule has 5 nitrogen and oxygen atoms in total. The highest BCUT2D eigenvalue weighted by molar-refractivity contribution is 6.32. The van der Waals surface area contributed by atoms with E-state index in [-0.39, 0.29) is 17.0 Å². The van der Waals surface area contributed by atoms with E-state index in [1.807, 2.05) is 6.92 Å². The second kappa shape index (κ2) is 7.38. The van der Waals surface area contributed by atoms with Gasteiger partial charge in [-0.1, -0.05) is 29.3 Å². The van der Waals surface area contributed by atoms with Gasteiger partial charge in [-0.25, -0.2) is 4.98 Å². The third-order valence-electron chi connectivity index (χ3n) is 3.75. The van der Waals surface area contributed by atoms with Crippen LogP contribution in [0.25, 0.3) is 0 Å². The lowest BCUT2D eigenvalue weighted by Crippen LogP contribution is -2.17. The van der Waals surface area contributed by atoms with Gasteiger partial charge >= 0.3 is 0 Å². The summed E-state index contributed by atoms with van der Waals surface area (Å²) in [5, 5.41) is 3.68. The van der Waals surface area contributed by atoms with Crippen LogP contribution in [0.1, 0.15) is 22.3 Å². The second-order valence-electron chi connectivity index (χ2n) is 5.48. The van der Waals surface area contributed by atoms with Crippen molar-refractivity contribution in [2.24, 2.45) is 0 Å². The predicted octanol–water partition coefficient (Wildman–Crippen LogP) is 4.12. The fraction of sp³-hybridized carbons (Fsp3) is 0.294. The number of nitrogens with one attached hydrogen (secondary N) is 1. The molecule has 2 heterocycles. The zero-order valence-electron chi connectivity index (χ0n) is 13.0. The van der Waals surface area contributed by atoms with Gasteiger partial charge < -0.3 is 14.8 Å². The highest BCUT2D eigenvalue weighted by Crippen LogP contribution is 2.27. The van der Waals surface area contributed by atoms with Gasteiger partial charge in [0.15, 0.2) is 0 Å². The molecule has 24 heavy (non-hydrogen) atoms. The van der Waals surface area contributed by atoms with Gasteiger partial charge in [0.25, 0.3) is 5.91 Å². The summed E-state index contributed by atoms with van der Waals surface area (Å²) in [4.78, 5) is 16.5. The van der Waals surface area contributed by atoms with Gasteiger partial charge in [-0.15, -0.1) is 0 Å². The molecule has 1 amide bonds. The van der Waals surface area contributed by atoms with Crippen molar-refractivity contribution in [1.82, 2.24) is 4.98 Å². The van der Waals surface area contributed by atoms with Crippen LogP contribution in [0.15, 0.2) is 30.5 Å². The first-order valence-electron chi connectivity index (χ1n) is 7.51. The highest BCUT2D eigenvalue weighted by atomic mass is 35.5. The molecular formula is C17H16Cl2N2O3. The van der Waals surface area contributed by atoms with Crippen LogP contribution in [-0.4, -0.2) is 30.2 Å². The number of rotatable bonds is 4. The lowest BCUT2D eigenvalue weighted by molar-refractivity contribution is 0.102. The van der Waals surface area contributed by atoms with Crippen molar-refractivity contribution in [2.75, 3.05) is 18.5 Å². The zero-order valence-corrected chi connectivity index (χ0v) is 14.5. The molecule has 1 fully saturated rings. The molecule has 0 aliphatic carbocycles. The van der Waals surface area contributed by atoms with E-state index >= 15 is 0 Å². The summed E-state index contributed by atoms with van der Waals surface area (Å²) in [6, 6.07) is 6.86. The van der Waals surface area contributed by atoms with Crippen molar-refractivity contribution in [3.63, 3.8) is 0 Å². The molecule has 1 aromatic carbocycles. The van der Waals surface area contributed by atoms with Gasteiger partial charge in [-0.05, 0) is 30.7 Å². The predicted molar refractivity (Wildman–Crippen MR) is 93.2 cm³/mol. The molecule has 1 aliphatic heterocycles. The summed E-state index contributed by atoms with van der Waals surface area (Å²) in [5.41, 5.74) is 1.79. The molecule has 1 aliphatic rings. The van der Waals surface area contributed by atoms with Crippen LogP contribution in [0, 0.1) is 6.92 Å². The van der Waals surface area contributed by atoms with E-state index in [2.05, 4.69) is 10.3 Å². The van der Waals surface area contributed by atoms with Crippen LogP contribution in [0.4, 0.5) is 5.69 Å². The van der Waals surface area contributed by atoms with E-state index in [1.165, 1.54) is 12.3 Å². The Bertz CT molecular complexity index is 761. The maximum absolute atomic E-state index is 12.4. The third kappa shape index (κ3) is 3.80. The number of benzene rings is 1. The molecule has 0 bridgehead atoms. The molecule has 0 spiro atoms. The molecule has 1 atom stereocenters. The van der Waals surface area contributed by atoms with Crippen molar-refractivity contribution in [1.29, 1.82) is 0 Å². The van der Waals surface area contributed by atoms with Crippen molar-refractivity contribution in [2.45, 2.75) is 19.4 Å². The number of nitrogens with zero attached hydrogens (tertiary/aromatic N) is 1. The number of anilines is 1. The van der Waals surface area contributed by atoms with Crippen molar-refractivity contribution < 1.29 is 14.3 Å². The summed E-state index contributed by atoms with van der Waals surface area (Å²) in [6.07, 6.45) is 2.18. The minimum atomic E-state index is -0.314. The largest absolute Gasteiger partial charge is 0.471 e. The highest BCUT2D eigenvalue weighted by Gasteiger charge is 2.20. The Kier molecular flexibility index (Phi) is 5.23. The lowest BCUT2D eigenvalue weighted by atomic mass is 10.2. The normalized spacial score (nSPS) is 16.9. The first-order valence-corrected chi connectivity index (χ1v) is 8.26. The number of halogens is 2. The fourth-order valence-electron chi connectivity index (χ4n) is 2.34. The van der Waals surface area contributed by atoms with E-state index in [9.17, 15) is 4.79 Å². The van der Waals surface area contributed by atoms with Crippen LogP contribution in [0.2, 0.25) is 10.0 Å². The van der Waals surface area contributed by atoms with Crippen molar-refractivity contribution >= 4 is 34.8 Å². The molecule has 1 N–H and O–H groups in total. The minimum Gasteiger partial charge on any atom is -0.471 e. The lowest BCUT2D eigenvalue weighted by Gasteiger charge is -2.13. The van der Waals surface area contributed by atoms with E-state index < -0.39 is 0 Å². The van der Waals surface area contributed by atoms with Gasteiger partial charge in [0.05, 0.1) is 18.8 Å². The number of hydrogen-bond acceptors (Lipinski definition) is 4. The van der Waals surface area contributed by atoms with Gasteiger partial charge in [0, 0.05) is 23.3 Å². The van der Waals surface area contributed by atoms with Crippen LogP contribution < -0.4 is 10.1 Å². The number of carbonyl (C=O) groups is 1. The SMILES string of the molecule is Cc1c(Cl)cccc1NC(=O)c1cnc(OC2CCOC2)c(Cl)c1. The molecule has 2 aromatic rings. The number of pyridine rings is 1. The molecule has 1 saturated heterocycles. The monoisotopic (exact) mass is 366 g/mol. The van der Waals surface area contributed by atoms with Crippen LogP contribution >= 0.6 is 23.2 Å². The standard InChI is InChI=1S/C17H16Cl2N2O3/c1-10-13(18)3-2-4-15(10)21-16(22)11-7-14(19)17(20-8-11)24-12-5-6-23-9-12/h2-4,7-8,12H,5-6,9H2,1H3,(H,21,22). The van der Waals surface area contributed by atoms with Crippen molar-refractivity contribution in [3.8, 4) is 5.88 Å². The van der Waals surface area contributed by atoms with Crippen molar-refractivity contribution in [3.05, 3.63) is 51.6 Å². The Hall–Kier alpha value is -1.82. The number of aromatic nitrogens is 1. The fourth-order valence-corrected chi connectivity index (χ4v) is 2.72. The van der Waals surface area contributed by atoms with Gasteiger partial charge in [0.1, 0.15) is 11.1 Å². The van der Waals surface area contributed by atoms with E-state index in [0.29, 0.717) is 35.4 Å². The Morgan fingerprint density at radius 1 is 1.38 bits per heavy atom. The zero-order chi connectivity index (χ0) is 17.1. The summed E-state index contributed by atoms with van der Waals surface area (Å²) in [5.74, 6) is -0.00632. The van der Waals surface area contributed by atoms with Gasteiger partial charge in [0.2, 0.25) is 5.88 Å². The number of amides is 1. The van der Waals surface area contributed by atoms with Crippen LogP contribution in [-0.2, 0) is 4.74 Å². The molecule has 3 rings (SSSR count). The maximum Gasteiger partial charge on any atom is 0.257 e. The first-order chi connectivity index (χ1) is 11.5. The van der Waals surface area contributed by atoms with E-state index in [0.717, 1.165) is 12.0 Å². The quantitative estimate of drug-likeness (QED) is 0.883. The number of carbonyl (C=O) groups excluding carboxylic acids is 1. The molecule has 1 unspecified atom stereocenters. The van der Waals surface area contributed by atoms with Gasteiger partial charge in [-0.3, -0.25) is 4.79 Å². The van der Waals surface area contributed by atoms with Gasteiger partial charge in [-0.2, -0.15) is 0 Å². The maximum atomic E-state index is 12.4. The topological polar surface area (TPSA) is 60.5 Å². The Balaban J connectivity index is 1.73. The number of ether oxygens (including phenoxy) is 2. The van der Waals surface area contributed by atoms with Crippen LogP contribution in [0.3, 0.4) is 0 Å². The van der Waals surface area contributed by atoms with E-state index in [1.54, 1.807) is 18.2 Å². The van der Waals surface area contributed by atoms with Crippen LogP contribution in [0.5, 0.6) is 5.88 Å². The molecule has 1 aromatic heterocycles. The third-order valence-corrected chi connectivity index (χ3v) is 4.43. The minimum absolute atomic E-state index is 0.0520. The summed E-state index contributed by atoms with van der Waals surface area (Å²) in [7, 11) is 0. The molecular weight excluding hydrogens is 351 g/mol. The molecule has 0 radical (unpaired) electrons. The molecule has 0 saturated carbocycles.